The minimum atomic E-state index is 1.08. The first-order chi connectivity index (χ1) is 14.7. The fourth-order valence-electron chi connectivity index (χ4n) is 3.01. The molecule has 2 nitrogen and oxygen atoms in total. The van der Waals surface area contributed by atoms with Crippen molar-refractivity contribution >= 4 is 41.0 Å². The van der Waals surface area contributed by atoms with Gasteiger partial charge in [0.25, 0.3) is 0 Å². The van der Waals surface area contributed by atoms with Crippen LogP contribution in [0.25, 0.3) is 0 Å². The summed E-state index contributed by atoms with van der Waals surface area (Å²) in [4.78, 5) is 2.38. The van der Waals surface area contributed by atoms with E-state index < -0.39 is 0 Å². The van der Waals surface area contributed by atoms with Gasteiger partial charge < -0.3 is 4.72 Å². The molecule has 4 heteroatoms. The maximum atomic E-state index is 3.57. The van der Waals surface area contributed by atoms with Gasteiger partial charge in [-0.3, -0.25) is 4.31 Å². The van der Waals surface area contributed by atoms with Crippen LogP contribution >= 0.6 is 23.9 Å². The molecule has 4 aromatic carbocycles. The normalized spacial score (nSPS) is 10.6. The zero-order valence-corrected chi connectivity index (χ0v) is 18.7. The maximum Gasteiger partial charge on any atom is 0.0771 e. The van der Waals surface area contributed by atoms with Crippen molar-refractivity contribution in [1.29, 1.82) is 0 Å². The zero-order chi connectivity index (χ0) is 20.8. The summed E-state index contributed by atoms with van der Waals surface area (Å²) in [6.07, 6.45) is 0. The third-order valence-electron chi connectivity index (χ3n) is 4.60. The Bertz CT molecular complexity index is 1080. The van der Waals surface area contributed by atoms with E-state index in [9.17, 15) is 0 Å². The number of benzene rings is 4. The predicted octanol–water partition coefficient (Wildman–Crippen LogP) is 8.27. The standard InChI is InChI=1S/C26H24N2S2/c1-20-13-16-22(17-14-20)28(30-24-11-7-4-8-12-24)26-19-21(2)15-18-25(26)27-29-23-9-5-3-6-10-23/h3-19,27H,1-2H3. The lowest BCUT2D eigenvalue weighted by molar-refractivity contribution is 1.35. The molecule has 0 spiro atoms. The van der Waals surface area contributed by atoms with Crippen LogP contribution < -0.4 is 9.03 Å². The summed E-state index contributed by atoms with van der Waals surface area (Å²) in [5.41, 5.74) is 5.85. The van der Waals surface area contributed by atoms with Crippen molar-refractivity contribution in [2.24, 2.45) is 0 Å². The summed E-state index contributed by atoms with van der Waals surface area (Å²) in [6, 6.07) is 36.1. The molecular weight excluding hydrogens is 404 g/mol. The summed E-state index contributed by atoms with van der Waals surface area (Å²) in [7, 11) is 0. The second-order valence-electron chi connectivity index (χ2n) is 7.07. The van der Waals surface area contributed by atoms with Gasteiger partial charge in [0.05, 0.1) is 17.1 Å². The Morgan fingerprint density at radius 3 is 1.90 bits per heavy atom. The topological polar surface area (TPSA) is 15.3 Å². The second kappa shape index (κ2) is 9.79. The van der Waals surface area contributed by atoms with Gasteiger partial charge in [0.1, 0.15) is 0 Å². The summed E-state index contributed by atoms with van der Waals surface area (Å²) < 4.78 is 5.87. The molecule has 0 aliphatic heterocycles. The Morgan fingerprint density at radius 2 is 1.23 bits per heavy atom. The lowest BCUT2D eigenvalue weighted by atomic mass is 10.1. The Labute approximate surface area is 187 Å². The van der Waals surface area contributed by atoms with Gasteiger partial charge in [0, 0.05) is 9.79 Å². The van der Waals surface area contributed by atoms with Crippen LogP contribution in [0, 0.1) is 13.8 Å². The largest absolute Gasteiger partial charge is 0.324 e. The van der Waals surface area contributed by atoms with Gasteiger partial charge in [-0.15, -0.1) is 0 Å². The minimum absolute atomic E-state index is 1.08. The summed E-state index contributed by atoms with van der Waals surface area (Å²) in [5, 5.41) is 0. The lowest BCUT2D eigenvalue weighted by Gasteiger charge is -2.26. The van der Waals surface area contributed by atoms with Gasteiger partial charge in [0.2, 0.25) is 0 Å². The van der Waals surface area contributed by atoms with Crippen molar-refractivity contribution in [3.05, 3.63) is 114 Å². The highest BCUT2D eigenvalue weighted by molar-refractivity contribution is 8.01. The number of aryl methyl sites for hydroxylation is 2. The zero-order valence-electron chi connectivity index (χ0n) is 17.1. The highest BCUT2D eigenvalue weighted by Gasteiger charge is 2.16. The highest BCUT2D eigenvalue weighted by Crippen LogP contribution is 2.42. The Balaban J connectivity index is 1.71. The predicted molar refractivity (Wildman–Crippen MR) is 133 cm³/mol. The van der Waals surface area contributed by atoms with Crippen LogP contribution in [0.4, 0.5) is 17.1 Å². The maximum absolute atomic E-state index is 3.57. The quantitative estimate of drug-likeness (QED) is 0.298. The Hall–Kier alpha value is -2.82. The fraction of sp³-hybridized carbons (Fsp3) is 0.0769. The number of anilines is 3. The summed E-state index contributed by atoms with van der Waals surface area (Å²) in [5.74, 6) is 0. The van der Waals surface area contributed by atoms with Crippen LogP contribution in [0.3, 0.4) is 0 Å². The van der Waals surface area contributed by atoms with E-state index in [0.29, 0.717) is 0 Å². The van der Waals surface area contributed by atoms with Crippen molar-refractivity contribution in [2.75, 3.05) is 9.03 Å². The van der Waals surface area contributed by atoms with E-state index in [4.69, 9.17) is 0 Å². The van der Waals surface area contributed by atoms with Crippen molar-refractivity contribution in [2.45, 2.75) is 23.6 Å². The first-order valence-electron chi connectivity index (χ1n) is 9.87. The molecule has 30 heavy (non-hydrogen) atoms. The highest BCUT2D eigenvalue weighted by atomic mass is 32.2. The summed E-state index contributed by atoms with van der Waals surface area (Å²) in [6.45, 7) is 4.26. The molecule has 0 aromatic heterocycles. The Morgan fingerprint density at radius 1 is 0.633 bits per heavy atom. The van der Waals surface area contributed by atoms with Crippen LogP contribution in [-0.2, 0) is 0 Å². The molecule has 0 radical (unpaired) electrons. The molecule has 0 heterocycles. The first kappa shape index (κ1) is 20.5. The molecule has 0 aliphatic rings. The number of nitrogens with one attached hydrogen (secondary N) is 1. The van der Waals surface area contributed by atoms with Gasteiger partial charge >= 0.3 is 0 Å². The third-order valence-corrected chi connectivity index (χ3v) is 6.51. The van der Waals surface area contributed by atoms with E-state index in [-0.39, 0.29) is 0 Å². The van der Waals surface area contributed by atoms with E-state index in [1.54, 1.807) is 23.9 Å². The number of rotatable bonds is 7. The van der Waals surface area contributed by atoms with Gasteiger partial charge in [-0.05, 0) is 91.8 Å². The number of hydrogen-bond acceptors (Lipinski definition) is 4. The average molecular weight is 429 g/mol. The van der Waals surface area contributed by atoms with Crippen LogP contribution in [0.5, 0.6) is 0 Å². The number of nitrogens with zero attached hydrogens (tertiary/aromatic N) is 1. The van der Waals surface area contributed by atoms with Crippen molar-refractivity contribution in [3.8, 4) is 0 Å². The molecule has 150 valence electrons. The molecule has 0 saturated carbocycles. The molecule has 0 bridgehead atoms. The summed E-state index contributed by atoms with van der Waals surface area (Å²) >= 11 is 3.36. The SMILES string of the molecule is Cc1ccc(N(Sc2ccccc2)c2cc(C)ccc2NSc2ccccc2)cc1. The molecule has 4 rings (SSSR count). The van der Waals surface area contributed by atoms with Crippen LogP contribution in [0.1, 0.15) is 11.1 Å². The number of hydrogen-bond donors (Lipinski definition) is 1. The molecule has 0 amide bonds. The molecule has 0 saturated heterocycles. The fourth-order valence-corrected chi connectivity index (χ4v) is 4.67. The van der Waals surface area contributed by atoms with Crippen LogP contribution in [0.2, 0.25) is 0 Å². The molecule has 1 N–H and O–H groups in total. The van der Waals surface area contributed by atoms with Gasteiger partial charge in [-0.25, -0.2) is 0 Å². The van der Waals surface area contributed by atoms with E-state index in [1.165, 1.54) is 20.9 Å². The van der Waals surface area contributed by atoms with Gasteiger partial charge in [0.15, 0.2) is 0 Å². The monoisotopic (exact) mass is 428 g/mol. The molecule has 0 atom stereocenters. The van der Waals surface area contributed by atoms with Crippen LogP contribution in [0.15, 0.2) is 113 Å². The van der Waals surface area contributed by atoms with Crippen molar-refractivity contribution in [1.82, 2.24) is 0 Å². The van der Waals surface area contributed by atoms with E-state index >= 15 is 0 Å². The van der Waals surface area contributed by atoms with E-state index in [2.05, 4.69) is 120 Å². The van der Waals surface area contributed by atoms with Crippen molar-refractivity contribution < 1.29 is 0 Å². The van der Waals surface area contributed by atoms with Crippen molar-refractivity contribution in [3.63, 3.8) is 0 Å². The minimum Gasteiger partial charge on any atom is -0.324 e. The van der Waals surface area contributed by atoms with E-state index in [1.807, 2.05) is 6.07 Å². The second-order valence-corrected chi connectivity index (χ2v) is 8.97. The molecule has 0 aliphatic carbocycles. The van der Waals surface area contributed by atoms with Crippen LogP contribution in [-0.4, -0.2) is 0 Å². The van der Waals surface area contributed by atoms with E-state index in [0.717, 1.165) is 17.1 Å². The molecule has 0 unspecified atom stereocenters. The lowest BCUT2D eigenvalue weighted by Crippen LogP contribution is -2.09. The van der Waals surface area contributed by atoms with Gasteiger partial charge in [-0.2, -0.15) is 0 Å². The molecule has 4 aromatic rings. The third kappa shape index (κ3) is 5.21. The molecular formula is C26H24N2S2. The average Bonchev–Trinajstić information content (AvgIpc) is 2.79. The Kier molecular flexibility index (Phi) is 6.67. The van der Waals surface area contributed by atoms with Gasteiger partial charge in [-0.1, -0.05) is 60.2 Å². The smallest absolute Gasteiger partial charge is 0.0771 e. The molecule has 0 fully saturated rings. The first-order valence-corrected chi connectivity index (χ1v) is 11.5.